The Labute approximate surface area is 95.6 Å². The van der Waals surface area contributed by atoms with Crippen molar-refractivity contribution in [2.75, 3.05) is 19.8 Å². The van der Waals surface area contributed by atoms with Gasteiger partial charge in [-0.05, 0) is 19.1 Å². The number of para-hydroxylation sites is 2. The molecule has 0 aromatic heterocycles. The number of carbonyl (C=O) groups excluding carboxylic acids is 1. The third-order valence-corrected chi connectivity index (χ3v) is 1.88. The minimum Gasteiger partial charge on any atom is -0.490 e. The monoisotopic (exact) mass is 223 g/mol. The van der Waals surface area contributed by atoms with E-state index in [9.17, 15) is 4.79 Å². The molecule has 0 aliphatic rings. The van der Waals surface area contributed by atoms with Crippen LogP contribution < -0.4 is 14.8 Å². The van der Waals surface area contributed by atoms with Gasteiger partial charge in [0.25, 0.3) is 0 Å². The number of amides is 1. The molecule has 0 saturated heterocycles. The lowest BCUT2D eigenvalue weighted by Crippen LogP contribution is -2.25. The lowest BCUT2D eigenvalue weighted by molar-refractivity contribution is -0.119. The topological polar surface area (TPSA) is 47.6 Å². The predicted molar refractivity (Wildman–Crippen MR) is 61.8 cm³/mol. The van der Waals surface area contributed by atoms with Gasteiger partial charge < -0.3 is 14.8 Å². The Morgan fingerprint density at radius 2 is 1.88 bits per heavy atom. The summed E-state index contributed by atoms with van der Waals surface area (Å²) < 4.78 is 10.9. The summed E-state index contributed by atoms with van der Waals surface area (Å²) in [6.45, 7) is 4.94. The molecule has 0 atom stereocenters. The van der Waals surface area contributed by atoms with Gasteiger partial charge in [-0.3, -0.25) is 4.79 Å². The molecule has 1 aromatic carbocycles. The molecule has 1 rings (SSSR count). The zero-order valence-electron chi connectivity index (χ0n) is 9.66. The SMILES string of the molecule is CCOc1ccccc1OCCNC(C)=O. The Balaban J connectivity index is 2.43. The van der Waals surface area contributed by atoms with E-state index >= 15 is 0 Å². The van der Waals surface area contributed by atoms with Crippen LogP contribution in [0.15, 0.2) is 24.3 Å². The molecule has 0 radical (unpaired) electrons. The maximum Gasteiger partial charge on any atom is 0.216 e. The molecule has 0 fully saturated rings. The Kier molecular flexibility index (Phi) is 5.19. The highest BCUT2D eigenvalue weighted by Crippen LogP contribution is 2.25. The zero-order chi connectivity index (χ0) is 11.8. The van der Waals surface area contributed by atoms with Gasteiger partial charge in [-0.1, -0.05) is 12.1 Å². The van der Waals surface area contributed by atoms with Gasteiger partial charge in [0.2, 0.25) is 5.91 Å². The summed E-state index contributed by atoms with van der Waals surface area (Å²) in [7, 11) is 0. The molecule has 0 spiro atoms. The van der Waals surface area contributed by atoms with E-state index in [1.807, 2.05) is 31.2 Å². The number of hydrogen-bond acceptors (Lipinski definition) is 3. The van der Waals surface area contributed by atoms with Crippen molar-refractivity contribution in [2.24, 2.45) is 0 Å². The largest absolute Gasteiger partial charge is 0.490 e. The molecule has 0 bridgehead atoms. The van der Waals surface area contributed by atoms with Gasteiger partial charge in [0.05, 0.1) is 13.2 Å². The molecule has 4 nitrogen and oxygen atoms in total. The van der Waals surface area contributed by atoms with Gasteiger partial charge in [0.15, 0.2) is 11.5 Å². The van der Waals surface area contributed by atoms with E-state index in [-0.39, 0.29) is 5.91 Å². The van der Waals surface area contributed by atoms with Gasteiger partial charge >= 0.3 is 0 Å². The summed E-state index contributed by atoms with van der Waals surface area (Å²) in [5.41, 5.74) is 0. The first-order valence-electron chi connectivity index (χ1n) is 5.33. The summed E-state index contributed by atoms with van der Waals surface area (Å²) in [4.78, 5) is 10.6. The van der Waals surface area contributed by atoms with Crippen LogP contribution in [0.2, 0.25) is 0 Å². The van der Waals surface area contributed by atoms with E-state index in [4.69, 9.17) is 9.47 Å². The Morgan fingerprint density at radius 1 is 1.25 bits per heavy atom. The number of ether oxygens (including phenoxy) is 2. The molecular formula is C12H17NO3. The van der Waals surface area contributed by atoms with Crippen molar-refractivity contribution >= 4 is 5.91 Å². The third kappa shape index (κ3) is 4.21. The minimum atomic E-state index is -0.0540. The molecule has 0 aliphatic heterocycles. The van der Waals surface area contributed by atoms with Crippen molar-refractivity contribution in [3.63, 3.8) is 0 Å². The second kappa shape index (κ2) is 6.71. The molecular weight excluding hydrogens is 206 g/mol. The molecule has 0 unspecified atom stereocenters. The average molecular weight is 223 g/mol. The second-order valence-corrected chi connectivity index (χ2v) is 3.21. The van der Waals surface area contributed by atoms with Crippen LogP contribution in [0.3, 0.4) is 0 Å². The first kappa shape index (κ1) is 12.4. The van der Waals surface area contributed by atoms with Crippen LogP contribution in [0.1, 0.15) is 13.8 Å². The second-order valence-electron chi connectivity index (χ2n) is 3.21. The van der Waals surface area contributed by atoms with Gasteiger partial charge in [-0.15, -0.1) is 0 Å². The fourth-order valence-corrected chi connectivity index (χ4v) is 1.23. The van der Waals surface area contributed by atoms with Crippen LogP contribution >= 0.6 is 0 Å². The number of rotatable bonds is 6. The Morgan fingerprint density at radius 3 is 2.44 bits per heavy atom. The van der Waals surface area contributed by atoms with Crippen molar-refractivity contribution in [3.8, 4) is 11.5 Å². The van der Waals surface area contributed by atoms with Crippen molar-refractivity contribution in [1.29, 1.82) is 0 Å². The van der Waals surface area contributed by atoms with Crippen molar-refractivity contribution in [1.82, 2.24) is 5.32 Å². The highest BCUT2D eigenvalue weighted by atomic mass is 16.5. The summed E-state index contributed by atoms with van der Waals surface area (Å²) in [5.74, 6) is 1.38. The summed E-state index contributed by atoms with van der Waals surface area (Å²) >= 11 is 0. The van der Waals surface area contributed by atoms with E-state index in [1.54, 1.807) is 0 Å². The summed E-state index contributed by atoms with van der Waals surface area (Å²) in [6, 6.07) is 7.48. The number of nitrogens with one attached hydrogen (secondary N) is 1. The fraction of sp³-hybridized carbons (Fsp3) is 0.417. The first-order chi connectivity index (χ1) is 7.74. The predicted octanol–water partition coefficient (Wildman–Crippen LogP) is 1.60. The molecule has 0 saturated carbocycles. The summed E-state index contributed by atoms with van der Waals surface area (Å²) in [6.07, 6.45) is 0. The van der Waals surface area contributed by atoms with E-state index in [0.717, 1.165) is 5.75 Å². The Bertz CT molecular complexity index is 339. The summed E-state index contributed by atoms with van der Waals surface area (Å²) in [5, 5.41) is 2.66. The van der Waals surface area contributed by atoms with Crippen molar-refractivity contribution in [2.45, 2.75) is 13.8 Å². The third-order valence-electron chi connectivity index (χ3n) is 1.88. The normalized spacial score (nSPS) is 9.62. The smallest absolute Gasteiger partial charge is 0.216 e. The van der Waals surface area contributed by atoms with Crippen LogP contribution in [0.4, 0.5) is 0 Å². The molecule has 1 N–H and O–H groups in total. The zero-order valence-corrected chi connectivity index (χ0v) is 9.66. The first-order valence-corrected chi connectivity index (χ1v) is 5.33. The molecule has 1 amide bonds. The van der Waals surface area contributed by atoms with Gasteiger partial charge in [0, 0.05) is 6.92 Å². The van der Waals surface area contributed by atoms with Crippen LogP contribution in [-0.2, 0) is 4.79 Å². The standard InChI is InChI=1S/C12H17NO3/c1-3-15-11-6-4-5-7-12(11)16-9-8-13-10(2)14/h4-7H,3,8-9H2,1-2H3,(H,13,14). The molecule has 1 aromatic rings. The molecule has 4 heteroatoms. The van der Waals surface area contributed by atoms with E-state index < -0.39 is 0 Å². The Hall–Kier alpha value is -1.71. The van der Waals surface area contributed by atoms with E-state index in [0.29, 0.717) is 25.5 Å². The van der Waals surface area contributed by atoms with Crippen LogP contribution in [0.25, 0.3) is 0 Å². The number of benzene rings is 1. The maximum atomic E-state index is 10.6. The average Bonchev–Trinajstić information content (AvgIpc) is 2.26. The van der Waals surface area contributed by atoms with Crippen LogP contribution in [-0.4, -0.2) is 25.7 Å². The molecule has 0 heterocycles. The van der Waals surface area contributed by atoms with Crippen LogP contribution in [0, 0.1) is 0 Å². The maximum absolute atomic E-state index is 10.6. The van der Waals surface area contributed by atoms with Crippen LogP contribution in [0.5, 0.6) is 11.5 Å². The number of carbonyl (C=O) groups is 1. The quantitative estimate of drug-likeness (QED) is 0.745. The molecule has 16 heavy (non-hydrogen) atoms. The van der Waals surface area contributed by atoms with Gasteiger partial charge in [-0.25, -0.2) is 0 Å². The van der Waals surface area contributed by atoms with Gasteiger partial charge in [0.1, 0.15) is 6.61 Å². The van der Waals surface area contributed by atoms with Crippen molar-refractivity contribution < 1.29 is 14.3 Å². The van der Waals surface area contributed by atoms with E-state index in [2.05, 4.69) is 5.32 Å². The molecule has 88 valence electrons. The lowest BCUT2D eigenvalue weighted by Gasteiger charge is -2.11. The van der Waals surface area contributed by atoms with Gasteiger partial charge in [-0.2, -0.15) is 0 Å². The minimum absolute atomic E-state index is 0.0540. The highest BCUT2D eigenvalue weighted by Gasteiger charge is 2.02. The van der Waals surface area contributed by atoms with E-state index in [1.165, 1.54) is 6.92 Å². The highest BCUT2D eigenvalue weighted by molar-refractivity contribution is 5.72. The van der Waals surface area contributed by atoms with Crippen molar-refractivity contribution in [3.05, 3.63) is 24.3 Å². The lowest BCUT2D eigenvalue weighted by atomic mass is 10.3. The fourth-order valence-electron chi connectivity index (χ4n) is 1.23. The molecule has 0 aliphatic carbocycles. The number of hydrogen-bond donors (Lipinski definition) is 1.